The lowest BCUT2D eigenvalue weighted by molar-refractivity contribution is 0.183. The molecule has 0 bridgehead atoms. The monoisotopic (exact) mass is 510 g/mol. The zero-order valence-electron chi connectivity index (χ0n) is 19.3. The van der Waals surface area contributed by atoms with Crippen LogP contribution in [0.4, 0.5) is 14.5 Å². The van der Waals surface area contributed by atoms with Gasteiger partial charge in [-0.15, -0.1) is 0 Å². The van der Waals surface area contributed by atoms with Crippen LogP contribution in [-0.4, -0.2) is 40.5 Å². The van der Waals surface area contributed by atoms with Crippen molar-refractivity contribution in [3.63, 3.8) is 0 Å². The summed E-state index contributed by atoms with van der Waals surface area (Å²) in [6.07, 6.45) is 2.90. The highest BCUT2D eigenvalue weighted by Gasteiger charge is 2.27. The number of anilines is 1. The van der Waals surface area contributed by atoms with Gasteiger partial charge >= 0.3 is 0 Å². The highest BCUT2D eigenvalue weighted by Crippen LogP contribution is 2.24. The van der Waals surface area contributed by atoms with Crippen LogP contribution in [0, 0.1) is 33.8 Å². The van der Waals surface area contributed by atoms with Crippen LogP contribution in [-0.2, 0) is 11.3 Å². The summed E-state index contributed by atoms with van der Waals surface area (Å²) in [4.78, 5) is 5.81. The zero-order chi connectivity index (χ0) is 25.8. The normalized spacial score (nSPS) is 15.9. The smallest absolute Gasteiger partial charge is 0.220 e. The predicted molar refractivity (Wildman–Crippen MR) is 136 cm³/mol. The Bertz CT molecular complexity index is 1310. The first kappa shape index (κ1) is 25.4. The van der Waals surface area contributed by atoms with Crippen LogP contribution < -0.4 is 5.73 Å². The number of nitrogen functional groups attached to an aromatic ring is 1. The molecule has 4 rings (SSSR count). The summed E-state index contributed by atoms with van der Waals surface area (Å²) in [5, 5.41) is 25.6. The van der Waals surface area contributed by atoms with E-state index < -0.39 is 11.6 Å². The fourth-order valence-corrected chi connectivity index (χ4v) is 4.37. The Morgan fingerprint density at radius 2 is 1.83 bits per heavy atom. The van der Waals surface area contributed by atoms with Crippen molar-refractivity contribution in [1.29, 1.82) is 16.2 Å². The molecule has 0 radical (unpaired) electrons. The van der Waals surface area contributed by atoms with Gasteiger partial charge < -0.3 is 10.5 Å². The van der Waals surface area contributed by atoms with E-state index in [9.17, 15) is 8.78 Å². The predicted octanol–water partition coefficient (Wildman–Crippen LogP) is 5.24. The maximum atomic E-state index is 14.1. The number of benzene rings is 2. The van der Waals surface area contributed by atoms with E-state index in [1.807, 2.05) is 4.90 Å². The fourth-order valence-electron chi connectivity index (χ4n) is 4.20. The third-order valence-electron chi connectivity index (χ3n) is 6.13. The molecule has 1 aliphatic heterocycles. The van der Waals surface area contributed by atoms with Gasteiger partial charge in [0.1, 0.15) is 16.8 Å². The number of nitrogens with one attached hydrogen (secondary N) is 3. The molecular weight excluding hydrogens is 486 g/mol. The molecule has 1 atom stereocenters. The van der Waals surface area contributed by atoms with Gasteiger partial charge in [-0.1, -0.05) is 17.7 Å². The van der Waals surface area contributed by atoms with Gasteiger partial charge in [0.05, 0.1) is 5.71 Å². The molecule has 0 amide bonds. The van der Waals surface area contributed by atoms with Crippen LogP contribution in [0.3, 0.4) is 0 Å². The quantitative estimate of drug-likeness (QED) is 0.157. The number of aromatic nitrogens is 1. The van der Waals surface area contributed by atoms with Gasteiger partial charge in [0.2, 0.25) is 5.90 Å². The first-order chi connectivity index (χ1) is 17.2. The van der Waals surface area contributed by atoms with Crippen LogP contribution in [0.25, 0.3) is 0 Å². The van der Waals surface area contributed by atoms with Crippen molar-refractivity contribution in [2.24, 2.45) is 5.92 Å². The van der Waals surface area contributed by atoms with Gasteiger partial charge in [-0.05, 0) is 61.9 Å². The molecule has 0 spiro atoms. The summed E-state index contributed by atoms with van der Waals surface area (Å²) < 4.78 is 33.7. The summed E-state index contributed by atoms with van der Waals surface area (Å²) >= 11 is 5.94. The second-order valence-corrected chi connectivity index (χ2v) is 9.00. The molecule has 1 aliphatic rings. The number of piperidine rings is 1. The number of halogens is 3. The lowest BCUT2D eigenvalue weighted by Crippen LogP contribution is -2.39. The molecule has 1 aromatic heterocycles. The summed E-state index contributed by atoms with van der Waals surface area (Å²) in [5.41, 5.74) is 7.82. The molecule has 0 aliphatic carbocycles. The van der Waals surface area contributed by atoms with Crippen molar-refractivity contribution < 1.29 is 13.5 Å². The standard InChI is InChI=1S/C26H25ClF2N6O/c27-23-12-15(8-9-34-23)24(31)18-11-16(6-7-22(18)30)25(32)36-26(33)17-3-2-10-35(13-17)14-19-20(28)4-1-5-21(19)29/h1,4-9,11-12,17,31-33H,2-3,10,13-14,30H2. The van der Waals surface area contributed by atoms with Gasteiger partial charge in [-0.3, -0.25) is 21.1 Å². The second-order valence-electron chi connectivity index (χ2n) is 8.61. The minimum absolute atomic E-state index is 0.00526. The molecule has 5 N–H and O–H groups in total. The molecule has 2 heterocycles. The Hall–Kier alpha value is -3.69. The number of hydrogen-bond donors (Lipinski definition) is 4. The molecule has 0 saturated carbocycles. The third-order valence-corrected chi connectivity index (χ3v) is 6.34. The summed E-state index contributed by atoms with van der Waals surface area (Å²) in [6, 6.07) is 11.7. The topological polar surface area (TPSA) is 123 Å². The molecular formula is C26H25ClF2N6O. The van der Waals surface area contributed by atoms with Crippen molar-refractivity contribution >= 4 is 34.8 Å². The lowest BCUT2D eigenvalue weighted by Gasteiger charge is -2.32. The zero-order valence-corrected chi connectivity index (χ0v) is 20.1. The van der Waals surface area contributed by atoms with Crippen molar-refractivity contribution in [2.45, 2.75) is 19.4 Å². The van der Waals surface area contributed by atoms with Crippen molar-refractivity contribution in [3.05, 3.63) is 93.8 Å². The highest BCUT2D eigenvalue weighted by atomic mass is 35.5. The summed E-state index contributed by atoms with van der Waals surface area (Å²) in [6.45, 7) is 1.14. The van der Waals surface area contributed by atoms with Gasteiger partial charge in [0.25, 0.3) is 0 Å². The average molecular weight is 511 g/mol. The van der Waals surface area contributed by atoms with E-state index in [0.29, 0.717) is 41.9 Å². The molecule has 10 heteroatoms. The maximum Gasteiger partial charge on any atom is 0.220 e. The fraction of sp³-hybridized carbons (Fsp3) is 0.231. The minimum atomic E-state index is -0.594. The summed E-state index contributed by atoms with van der Waals surface area (Å²) in [7, 11) is 0. The Kier molecular flexibility index (Phi) is 7.71. The van der Waals surface area contributed by atoms with E-state index >= 15 is 0 Å². The first-order valence-corrected chi connectivity index (χ1v) is 11.7. The van der Waals surface area contributed by atoms with Crippen molar-refractivity contribution in [3.8, 4) is 0 Å². The second kappa shape index (κ2) is 10.9. The molecule has 186 valence electrons. The van der Waals surface area contributed by atoms with Gasteiger partial charge in [-0.25, -0.2) is 13.8 Å². The largest absolute Gasteiger partial charge is 0.425 e. The molecule has 3 aromatic rings. The van der Waals surface area contributed by atoms with Crippen LogP contribution >= 0.6 is 11.6 Å². The Labute approximate surface area is 212 Å². The molecule has 2 aromatic carbocycles. The Morgan fingerprint density at radius 1 is 1.08 bits per heavy atom. The number of hydrogen-bond acceptors (Lipinski definition) is 7. The van der Waals surface area contributed by atoms with Crippen LogP contribution in [0.15, 0.2) is 54.7 Å². The highest BCUT2D eigenvalue weighted by molar-refractivity contribution is 6.30. The molecule has 1 saturated heterocycles. The van der Waals surface area contributed by atoms with Gasteiger partial charge in [0, 0.05) is 53.1 Å². The number of nitrogens with zero attached hydrogens (tertiary/aromatic N) is 2. The van der Waals surface area contributed by atoms with E-state index in [0.717, 1.165) is 6.42 Å². The maximum absolute atomic E-state index is 14.1. The third kappa shape index (κ3) is 5.75. The molecule has 1 fully saturated rings. The number of rotatable bonds is 6. The Morgan fingerprint density at radius 3 is 2.56 bits per heavy atom. The van der Waals surface area contributed by atoms with E-state index in [1.165, 1.54) is 24.4 Å². The van der Waals surface area contributed by atoms with Crippen molar-refractivity contribution in [1.82, 2.24) is 9.88 Å². The van der Waals surface area contributed by atoms with E-state index in [4.69, 9.17) is 38.3 Å². The molecule has 36 heavy (non-hydrogen) atoms. The first-order valence-electron chi connectivity index (χ1n) is 11.3. The summed E-state index contributed by atoms with van der Waals surface area (Å²) in [5.74, 6) is -1.85. The lowest BCUT2D eigenvalue weighted by atomic mass is 9.97. The van der Waals surface area contributed by atoms with Crippen LogP contribution in [0.1, 0.15) is 35.1 Å². The number of nitrogens with two attached hydrogens (primary N) is 1. The van der Waals surface area contributed by atoms with E-state index in [2.05, 4.69) is 4.98 Å². The van der Waals surface area contributed by atoms with Gasteiger partial charge in [0.15, 0.2) is 5.90 Å². The Balaban J connectivity index is 1.43. The molecule has 7 nitrogen and oxygen atoms in total. The molecule has 1 unspecified atom stereocenters. The van der Waals surface area contributed by atoms with E-state index in [-0.39, 0.29) is 40.7 Å². The SMILES string of the molecule is N=C(OC(=N)C1CCCN(Cc2c(F)cccc2F)C1)c1ccc(N)c(C(=N)c2ccnc(Cl)c2)c1. The minimum Gasteiger partial charge on any atom is -0.425 e. The number of ether oxygens (including phenoxy) is 1. The average Bonchev–Trinajstić information content (AvgIpc) is 2.86. The van der Waals surface area contributed by atoms with Crippen LogP contribution in [0.5, 0.6) is 0 Å². The van der Waals surface area contributed by atoms with Crippen LogP contribution in [0.2, 0.25) is 5.15 Å². The number of pyridine rings is 1. The van der Waals surface area contributed by atoms with Gasteiger partial charge in [-0.2, -0.15) is 0 Å². The number of likely N-dealkylation sites (tertiary alicyclic amines) is 1. The van der Waals surface area contributed by atoms with Crippen molar-refractivity contribution in [2.75, 3.05) is 18.8 Å². The van der Waals surface area contributed by atoms with E-state index in [1.54, 1.807) is 30.3 Å².